The van der Waals surface area contributed by atoms with E-state index in [-0.39, 0.29) is 17.4 Å². The summed E-state index contributed by atoms with van der Waals surface area (Å²) in [6.45, 7) is -1.24. The molecule has 0 bridgehead atoms. The fourth-order valence-corrected chi connectivity index (χ4v) is 1.38. The summed E-state index contributed by atoms with van der Waals surface area (Å²) in [5.74, 6) is 1.76. The van der Waals surface area contributed by atoms with Crippen LogP contribution in [0.1, 0.15) is 23.7 Å². The van der Waals surface area contributed by atoms with Crippen molar-refractivity contribution in [2.75, 3.05) is 0 Å². The molecule has 1 N–H and O–H groups in total. The first-order valence-corrected chi connectivity index (χ1v) is 5.32. The van der Waals surface area contributed by atoms with Crippen molar-refractivity contribution in [3.05, 3.63) is 29.8 Å². The maximum Gasteiger partial charge on any atom is 0.387 e. The molecule has 0 spiro atoms. The van der Waals surface area contributed by atoms with E-state index in [4.69, 9.17) is 6.42 Å². The summed E-state index contributed by atoms with van der Waals surface area (Å²) in [5, 5.41) is 2.60. The molecule has 0 heterocycles. The molecule has 0 fully saturated rings. The first-order chi connectivity index (χ1) is 8.54. The number of carbonyl (C=O) groups excluding carboxylic acids is 1. The molecule has 18 heavy (non-hydrogen) atoms. The Morgan fingerprint density at radius 3 is 2.78 bits per heavy atom. The first-order valence-electron chi connectivity index (χ1n) is 5.32. The molecule has 1 unspecified atom stereocenters. The molecule has 1 amide bonds. The van der Waals surface area contributed by atoms with E-state index in [0.717, 1.165) is 0 Å². The zero-order valence-corrected chi connectivity index (χ0v) is 9.82. The van der Waals surface area contributed by atoms with Gasteiger partial charge in [0.2, 0.25) is 0 Å². The van der Waals surface area contributed by atoms with Crippen molar-refractivity contribution in [2.45, 2.75) is 26.0 Å². The van der Waals surface area contributed by atoms with E-state index in [0.29, 0.717) is 6.42 Å². The van der Waals surface area contributed by atoms with Crippen LogP contribution in [-0.4, -0.2) is 18.6 Å². The second-order valence-corrected chi connectivity index (χ2v) is 3.66. The number of para-hydroxylation sites is 1. The van der Waals surface area contributed by atoms with Gasteiger partial charge in [-0.15, -0.1) is 12.3 Å². The average molecular weight is 253 g/mol. The van der Waals surface area contributed by atoms with Crippen molar-refractivity contribution in [2.24, 2.45) is 0 Å². The minimum Gasteiger partial charge on any atom is -0.434 e. The normalized spacial score (nSPS) is 11.7. The third kappa shape index (κ3) is 4.06. The number of amides is 1. The smallest absolute Gasteiger partial charge is 0.387 e. The number of nitrogens with one attached hydrogen (secondary N) is 1. The second kappa shape index (κ2) is 6.60. The summed E-state index contributed by atoms with van der Waals surface area (Å²) in [6.07, 6.45) is 5.48. The summed E-state index contributed by atoms with van der Waals surface area (Å²) in [7, 11) is 0. The molecule has 0 aliphatic rings. The predicted molar refractivity (Wildman–Crippen MR) is 63.5 cm³/mol. The Morgan fingerprint density at radius 1 is 1.50 bits per heavy atom. The number of rotatable bonds is 5. The quantitative estimate of drug-likeness (QED) is 0.818. The highest BCUT2D eigenvalue weighted by atomic mass is 19.3. The number of alkyl halides is 2. The molecular formula is C13H13F2NO2. The summed E-state index contributed by atoms with van der Waals surface area (Å²) in [6, 6.07) is 5.57. The fourth-order valence-electron chi connectivity index (χ4n) is 1.38. The first kappa shape index (κ1) is 14.0. The van der Waals surface area contributed by atoms with Gasteiger partial charge in [-0.1, -0.05) is 12.1 Å². The minimum absolute atomic E-state index is 0.0571. The highest BCUT2D eigenvalue weighted by Gasteiger charge is 2.16. The Hall–Kier alpha value is -2.09. The number of hydrogen-bond acceptors (Lipinski definition) is 2. The van der Waals surface area contributed by atoms with E-state index in [1.54, 1.807) is 13.0 Å². The van der Waals surface area contributed by atoms with Gasteiger partial charge < -0.3 is 10.1 Å². The maximum atomic E-state index is 12.2. The van der Waals surface area contributed by atoms with Gasteiger partial charge in [0.1, 0.15) is 5.75 Å². The number of carbonyl (C=O) groups is 1. The van der Waals surface area contributed by atoms with Crippen LogP contribution in [0.2, 0.25) is 0 Å². The van der Waals surface area contributed by atoms with Crippen molar-refractivity contribution < 1.29 is 18.3 Å². The van der Waals surface area contributed by atoms with E-state index >= 15 is 0 Å². The molecule has 1 atom stereocenters. The third-order valence-electron chi connectivity index (χ3n) is 2.15. The van der Waals surface area contributed by atoms with Crippen LogP contribution in [-0.2, 0) is 0 Å². The van der Waals surface area contributed by atoms with E-state index in [9.17, 15) is 13.6 Å². The summed E-state index contributed by atoms with van der Waals surface area (Å²) >= 11 is 0. The van der Waals surface area contributed by atoms with Crippen molar-refractivity contribution in [1.82, 2.24) is 5.32 Å². The number of hydrogen-bond donors (Lipinski definition) is 1. The minimum atomic E-state index is -2.97. The Bertz CT molecular complexity index is 455. The lowest BCUT2D eigenvalue weighted by Crippen LogP contribution is -2.32. The van der Waals surface area contributed by atoms with Crippen LogP contribution in [0.15, 0.2) is 24.3 Å². The molecule has 5 heteroatoms. The molecule has 0 aliphatic heterocycles. The van der Waals surface area contributed by atoms with Crippen molar-refractivity contribution >= 4 is 5.91 Å². The molecule has 0 saturated carbocycles. The third-order valence-corrected chi connectivity index (χ3v) is 2.15. The van der Waals surface area contributed by atoms with E-state index in [1.807, 2.05) is 0 Å². The van der Waals surface area contributed by atoms with Crippen molar-refractivity contribution in [1.29, 1.82) is 0 Å². The van der Waals surface area contributed by atoms with Gasteiger partial charge in [-0.3, -0.25) is 4.79 Å². The van der Waals surface area contributed by atoms with Gasteiger partial charge in [0.05, 0.1) is 5.56 Å². The van der Waals surface area contributed by atoms with Crippen LogP contribution < -0.4 is 10.1 Å². The summed E-state index contributed by atoms with van der Waals surface area (Å²) in [5.41, 5.74) is 0.0571. The van der Waals surface area contributed by atoms with E-state index in [2.05, 4.69) is 16.0 Å². The monoisotopic (exact) mass is 253 g/mol. The maximum absolute atomic E-state index is 12.2. The molecule has 0 radical (unpaired) electrons. The summed E-state index contributed by atoms with van der Waals surface area (Å²) < 4.78 is 28.6. The molecule has 0 aliphatic carbocycles. The molecule has 3 nitrogen and oxygen atoms in total. The van der Waals surface area contributed by atoms with Gasteiger partial charge in [-0.2, -0.15) is 8.78 Å². The van der Waals surface area contributed by atoms with Crippen LogP contribution in [0.25, 0.3) is 0 Å². The zero-order chi connectivity index (χ0) is 13.5. The Morgan fingerprint density at radius 2 is 2.17 bits per heavy atom. The lowest BCUT2D eigenvalue weighted by Gasteiger charge is -2.13. The molecule has 1 aromatic carbocycles. The molecule has 1 aromatic rings. The molecular weight excluding hydrogens is 240 g/mol. The van der Waals surface area contributed by atoms with E-state index in [1.165, 1.54) is 18.2 Å². The highest BCUT2D eigenvalue weighted by Crippen LogP contribution is 2.20. The van der Waals surface area contributed by atoms with Crippen molar-refractivity contribution in [3.8, 4) is 18.1 Å². The number of ether oxygens (including phenoxy) is 1. The van der Waals surface area contributed by atoms with Crippen LogP contribution in [0.5, 0.6) is 5.75 Å². The van der Waals surface area contributed by atoms with E-state index < -0.39 is 12.5 Å². The van der Waals surface area contributed by atoms with Crippen LogP contribution >= 0.6 is 0 Å². The largest absolute Gasteiger partial charge is 0.434 e. The average Bonchev–Trinajstić information content (AvgIpc) is 2.28. The Balaban J connectivity index is 2.82. The number of terminal acetylenes is 1. The Labute approximate surface area is 104 Å². The van der Waals surface area contributed by atoms with Gasteiger partial charge in [0, 0.05) is 12.5 Å². The van der Waals surface area contributed by atoms with Crippen molar-refractivity contribution in [3.63, 3.8) is 0 Å². The lowest BCUT2D eigenvalue weighted by molar-refractivity contribution is -0.0501. The number of benzene rings is 1. The lowest BCUT2D eigenvalue weighted by atomic mass is 10.1. The molecule has 1 rings (SSSR count). The zero-order valence-electron chi connectivity index (χ0n) is 9.82. The predicted octanol–water partition coefficient (Wildman–Crippen LogP) is 2.43. The topological polar surface area (TPSA) is 38.3 Å². The van der Waals surface area contributed by atoms with Gasteiger partial charge in [-0.25, -0.2) is 0 Å². The van der Waals surface area contributed by atoms with Gasteiger partial charge in [0.15, 0.2) is 0 Å². The number of halogens is 2. The molecule has 0 saturated heterocycles. The Kier molecular flexibility index (Phi) is 5.12. The SMILES string of the molecule is C#CCC(C)NC(=O)c1ccccc1OC(F)F. The molecule has 0 aromatic heterocycles. The van der Waals surface area contributed by atoms with Crippen LogP contribution in [0, 0.1) is 12.3 Å². The second-order valence-electron chi connectivity index (χ2n) is 3.66. The summed E-state index contributed by atoms with van der Waals surface area (Å²) in [4.78, 5) is 11.8. The van der Waals surface area contributed by atoms with Gasteiger partial charge in [-0.05, 0) is 19.1 Å². The molecule has 96 valence electrons. The van der Waals surface area contributed by atoms with Crippen LogP contribution in [0.3, 0.4) is 0 Å². The van der Waals surface area contributed by atoms with Gasteiger partial charge in [0.25, 0.3) is 5.91 Å². The highest BCUT2D eigenvalue weighted by molar-refractivity contribution is 5.97. The van der Waals surface area contributed by atoms with Gasteiger partial charge >= 0.3 is 6.61 Å². The standard InChI is InChI=1S/C13H13F2NO2/c1-3-6-9(2)16-12(17)10-7-4-5-8-11(10)18-13(14)15/h1,4-5,7-9,13H,6H2,2H3,(H,16,17). The van der Waals surface area contributed by atoms with Crippen LogP contribution in [0.4, 0.5) is 8.78 Å². The fraction of sp³-hybridized carbons (Fsp3) is 0.308.